The van der Waals surface area contributed by atoms with Crippen molar-refractivity contribution in [3.05, 3.63) is 35.2 Å². The summed E-state index contributed by atoms with van der Waals surface area (Å²) in [7, 11) is -3.69. The highest BCUT2D eigenvalue weighted by Gasteiger charge is 2.17. The lowest BCUT2D eigenvalue weighted by atomic mass is 10.4. The number of aryl methyl sites for hydroxylation is 1. The summed E-state index contributed by atoms with van der Waals surface area (Å²) in [5.41, 5.74) is 0. The molecule has 102 valence electrons. The third kappa shape index (κ3) is 3.49. The molecule has 2 aromatic heterocycles. The maximum atomic E-state index is 11.9. The first-order chi connectivity index (χ1) is 8.99. The van der Waals surface area contributed by atoms with Gasteiger partial charge in [-0.1, -0.05) is 16.8 Å². The fourth-order valence-electron chi connectivity index (χ4n) is 1.37. The number of pyridine rings is 1. The van der Waals surface area contributed by atoms with Crippen molar-refractivity contribution in [1.29, 1.82) is 0 Å². The van der Waals surface area contributed by atoms with E-state index in [4.69, 9.17) is 16.1 Å². The number of rotatable bonds is 5. The maximum absolute atomic E-state index is 11.9. The standard InChI is InChI=1S/C10H11ClN4O3S/c1-7-14-10(18-15-7)3-5-13-19(16,17)9-6-12-4-2-8(9)11/h2,4,6,13H,3,5H2,1H3. The Kier molecular flexibility index (Phi) is 4.13. The van der Waals surface area contributed by atoms with Gasteiger partial charge in [0.1, 0.15) is 4.90 Å². The largest absolute Gasteiger partial charge is 0.339 e. The van der Waals surface area contributed by atoms with Gasteiger partial charge in [0.25, 0.3) is 0 Å². The topological polar surface area (TPSA) is 98.0 Å². The monoisotopic (exact) mass is 302 g/mol. The molecule has 7 nitrogen and oxygen atoms in total. The summed E-state index contributed by atoms with van der Waals surface area (Å²) >= 11 is 5.81. The second-order valence-electron chi connectivity index (χ2n) is 3.69. The molecule has 19 heavy (non-hydrogen) atoms. The third-order valence-corrected chi connectivity index (χ3v) is 4.15. The van der Waals surface area contributed by atoms with Crippen LogP contribution in [0.3, 0.4) is 0 Å². The van der Waals surface area contributed by atoms with Crippen LogP contribution in [0.4, 0.5) is 0 Å². The second kappa shape index (κ2) is 5.64. The van der Waals surface area contributed by atoms with E-state index in [2.05, 4.69) is 19.8 Å². The van der Waals surface area contributed by atoms with Gasteiger partial charge in [-0.25, -0.2) is 13.1 Å². The van der Waals surface area contributed by atoms with Gasteiger partial charge >= 0.3 is 0 Å². The van der Waals surface area contributed by atoms with Gasteiger partial charge in [-0.2, -0.15) is 4.98 Å². The first-order valence-corrected chi connectivity index (χ1v) is 7.23. The molecule has 0 saturated heterocycles. The van der Waals surface area contributed by atoms with Crippen LogP contribution >= 0.6 is 11.6 Å². The smallest absolute Gasteiger partial charge is 0.243 e. The van der Waals surface area contributed by atoms with Crippen molar-refractivity contribution >= 4 is 21.6 Å². The zero-order valence-electron chi connectivity index (χ0n) is 10.00. The Morgan fingerprint density at radius 3 is 2.89 bits per heavy atom. The molecule has 2 heterocycles. The van der Waals surface area contributed by atoms with Crippen molar-refractivity contribution in [2.45, 2.75) is 18.2 Å². The number of nitrogens with one attached hydrogen (secondary N) is 1. The molecule has 0 unspecified atom stereocenters. The van der Waals surface area contributed by atoms with Crippen molar-refractivity contribution < 1.29 is 12.9 Å². The fraction of sp³-hybridized carbons (Fsp3) is 0.300. The molecule has 2 aromatic rings. The summed E-state index contributed by atoms with van der Waals surface area (Å²) < 4.78 is 31.2. The Balaban J connectivity index is 2.01. The van der Waals surface area contributed by atoms with Gasteiger partial charge in [0.2, 0.25) is 15.9 Å². The van der Waals surface area contributed by atoms with E-state index in [9.17, 15) is 8.42 Å². The van der Waals surface area contributed by atoms with Crippen LogP contribution in [-0.4, -0.2) is 30.1 Å². The van der Waals surface area contributed by atoms with E-state index in [-0.39, 0.29) is 16.5 Å². The molecule has 0 aromatic carbocycles. The minimum Gasteiger partial charge on any atom is -0.339 e. The third-order valence-electron chi connectivity index (χ3n) is 2.22. The summed E-state index contributed by atoms with van der Waals surface area (Å²) in [4.78, 5) is 7.65. The molecule has 0 spiro atoms. The van der Waals surface area contributed by atoms with Crippen LogP contribution < -0.4 is 4.72 Å². The highest BCUT2D eigenvalue weighted by atomic mass is 35.5. The molecule has 0 fully saturated rings. The quantitative estimate of drug-likeness (QED) is 0.883. The molecule has 0 bridgehead atoms. The fourth-order valence-corrected chi connectivity index (χ4v) is 2.83. The van der Waals surface area contributed by atoms with Crippen molar-refractivity contribution in [2.24, 2.45) is 0 Å². The predicted octanol–water partition coefficient (Wildman–Crippen LogP) is 0.947. The Morgan fingerprint density at radius 1 is 1.47 bits per heavy atom. The molecular formula is C10H11ClN4O3S. The second-order valence-corrected chi connectivity index (χ2v) is 5.83. The van der Waals surface area contributed by atoms with Crippen LogP contribution in [-0.2, 0) is 16.4 Å². The predicted molar refractivity (Wildman–Crippen MR) is 67.2 cm³/mol. The number of hydrogen-bond acceptors (Lipinski definition) is 6. The minimum absolute atomic E-state index is 0.0571. The van der Waals surface area contributed by atoms with Crippen LogP contribution in [0.2, 0.25) is 5.02 Å². The highest BCUT2D eigenvalue weighted by molar-refractivity contribution is 7.89. The van der Waals surface area contributed by atoms with E-state index in [1.54, 1.807) is 6.92 Å². The highest BCUT2D eigenvalue weighted by Crippen LogP contribution is 2.18. The van der Waals surface area contributed by atoms with Gasteiger partial charge in [-0.3, -0.25) is 4.98 Å². The SMILES string of the molecule is Cc1noc(CCNS(=O)(=O)c2cnccc2Cl)n1. The van der Waals surface area contributed by atoms with Gasteiger partial charge < -0.3 is 4.52 Å². The van der Waals surface area contributed by atoms with Crippen LogP contribution in [0.25, 0.3) is 0 Å². The summed E-state index contributed by atoms with van der Waals surface area (Å²) in [6.45, 7) is 1.82. The molecule has 2 rings (SSSR count). The molecule has 0 aliphatic rings. The Labute approximate surface area is 115 Å². The van der Waals surface area contributed by atoms with Gasteiger partial charge in [-0.05, 0) is 13.0 Å². The zero-order chi connectivity index (χ0) is 13.9. The van der Waals surface area contributed by atoms with E-state index in [1.165, 1.54) is 18.5 Å². The minimum atomic E-state index is -3.69. The summed E-state index contributed by atoms with van der Waals surface area (Å²) in [6, 6.07) is 1.41. The molecule has 0 amide bonds. The van der Waals surface area contributed by atoms with Gasteiger partial charge in [0, 0.05) is 25.4 Å². The molecule has 0 saturated carbocycles. The van der Waals surface area contributed by atoms with Crippen LogP contribution in [0.5, 0.6) is 0 Å². The molecular weight excluding hydrogens is 292 g/mol. The lowest BCUT2D eigenvalue weighted by molar-refractivity contribution is 0.375. The number of nitrogens with zero attached hydrogens (tertiary/aromatic N) is 3. The first-order valence-electron chi connectivity index (χ1n) is 5.37. The van der Waals surface area contributed by atoms with E-state index in [0.29, 0.717) is 18.1 Å². The van der Waals surface area contributed by atoms with Crippen molar-refractivity contribution in [1.82, 2.24) is 19.8 Å². The number of sulfonamides is 1. The molecule has 1 N–H and O–H groups in total. The summed E-state index contributed by atoms with van der Waals surface area (Å²) in [5, 5.41) is 3.73. The van der Waals surface area contributed by atoms with Crippen LogP contribution in [0, 0.1) is 6.92 Å². The van der Waals surface area contributed by atoms with Crippen LogP contribution in [0.1, 0.15) is 11.7 Å². The van der Waals surface area contributed by atoms with E-state index >= 15 is 0 Å². The summed E-state index contributed by atoms with van der Waals surface area (Å²) in [6.07, 6.45) is 2.92. The molecule has 9 heteroatoms. The molecule has 0 radical (unpaired) electrons. The Hall–Kier alpha value is -1.51. The van der Waals surface area contributed by atoms with Gasteiger partial charge in [0.05, 0.1) is 5.02 Å². The normalized spacial score (nSPS) is 11.7. The van der Waals surface area contributed by atoms with Crippen molar-refractivity contribution in [3.63, 3.8) is 0 Å². The molecule has 0 atom stereocenters. The average molecular weight is 303 g/mol. The molecule has 0 aliphatic heterocycles. The van der Waals surface area contributed by atoms with Crippen molar-refractivity contribution in [2.75, 3.05) is 6.54 Å². The first kappa shape index (κ1) is 13.9. The van der Waals surface area contributed by atoms with E-state index in [1.807, 2.05) is 0 Å². The maximum Gasteiger partial charge on any atom is 0.243 e. The number of aromatic nitrogens is 3. The Bertz CT molecular complexity index is 671. The lowest BCUT2D eigenvalue weighted by Crippen LogP contribution is -2.26. The zero-order valence-corrected chi connectivity index (χ0v) is 11.6. The number of halogens is 1. The van der Waals surface area contributed by atoms with E-state index in [0.717, 1.165) is 0 Å². The van der Waals surface area contributed by atoms with Gasteiger partial charge in [-0.15, -0.1) is 0 Å². The molecule has 0 aliphatic carbocycles. The summed E-state index contributed by atoms with van der Waals surface area (Å²) in [5.74, 6) is 0.880. The van der Waals surface area contributed by atoms with Crippen LogP contribution in [0.15, 0.2) is 27.9 Å². The average Bonchev–Trinajstić information content (AvgIpc) is 2.75. The van der Waals surface area contributed by atoms with E-state index < -0.39 is 10.0 Å². The number of hydrogen-bond donors (Lipinski definition) is 1. The van der Waals surface area contributed by atoms with Gasteiger partial charge in [0.15, 0.2) is 5.82 Å². The Morgan fingerprint density at radius 2 is 2.26 bits per heavy atom. The van der Waals surface area contributed by atoms with Crippen molar-refractivity contribution in [3.8, 4) is 0 Å². The lowest BCUT2D eigenvalue weighted by Gasteiger charge is -2.06.